The fourth-order valence-electron chi connectivity index (χ4n) is 1.22. The van der Waals surface area contributed by atoms with Gasteiger partial charge in [-0.3, -0.25) is 9.59 Å². The Morgan fingerprint density at radius 1 is 0.941 bits per heavy atom. The Morgan fingerprint density at radius 3 is 2.06 bits per heavy atom. The second-order valence-electron chi connectivity index (χ2n) is 3.59. The van der Waals surface area contributed by atoms with Gasteiger partial charge in [0.2, 0.25) is 0 Å². The summed E-state index contributed by atoms with van der Waals surface area (Å²) in [5, 5.41) is 0. The molecule has 0 saturated carbocycles. The zero-order chi connectivity index (χ0) is 12.2. The van der Waals surface area contributed by atoms with Gasteiger partial charge >= 0.3 is 41.5 Å². The molecule has 0 aromatic heterocycles. The molecule has 0 N–H and O–H groups in total. The van der Waals surface area contributed by atoms with Crippen molar-refractivity contribution in [2.45, 2.75) is 52.4 Å². The standard InChI is InChI=1S/C12H22O4.Na.H/c1-3-5-6-7-10-16-12(14)9-8-11(13)15-4-2;;/h3-10H2,1-2H3;;/q;+1;-1. The molecule has 0 radical (unpaired) electrons. The van der Waals surface area contributed by atoms with E-state index in [1.807, 2.05) is 0 Å². The number of carbonyl (C=O) groups is 2. The van der Waals surface area contributed by atoms with E-state index in [1.54, 1.807) is 6.92 Å². The van der Waals surface area contributed by atoms with Crippen molar-refractivity contribution in [1.82, 2.24) is 0 Å². The molecule has 0 rings (SSSR count). The topological polar surface area (TPSA) is 52.6 Å². The fraction of sp³-hybridized carbons (Fsp3) is 0.833. The van der Waals surface area contributed by atoms with E-state index in [0.29, 0.717) is 13.2 Å². The molecule has 96 valence electrons. The zero-order valence-corrected chi connectivity index (χ0v) is 13.3. The smallest absolute Gasteiger partial charge is 1.00 e. The van der Waals surface area contributed by atoms with Crippen LogP contribution in [-0.4, -0.2) is 25.2 Å². The molecular formula is C12H23NaO4. The molecule has 0 amide bonds. The summed E-state index contributed by atoms with van der Waals surface area (Å²) in [4.78, 5) is 22.1. The second-order valence-corrected chi connectivity index (χ2v) is 3.59. The monoisotopic (exact) mass is 254 g/mol. The first-order valence-corrected chi connectivity index (χ1v) is 6.02. The molecule has 5 heteroatoms. The van der Waals surface area contributed by atoms with Crippen molar-refractivity contribution in [2.75, 3.05) is 13.2 Å². The zero-order valence-electron chi connectivity index (χ0n) is 12.3. The number of hydrogen-bond donors (Lipinski definition) is 0. The molecule has 0 bridgehead atoms. The molecule has 4 nitrogen and oxygen atoms in total. The van der Waals surface area contributed by atoms with Crippen molar-refractivity contribution >= 4 is 11.9 Å². The van der Waals surface area contributed by atoms with Gasteiger partial charge in [-0.25, -0.2) is 0 Å². The van der Waals surface area contributed by atoms with Crippen LogP contribution in [0.3, 0.4) is 0 Å². The average Bonchev–Trinajstić information content (AvgIpc) is 2.26. The molecule has 0 atom stereocenters. The maximum atomic E-state index is 11.2. The second kappa shape index (κ2) is 14.0. The molecule has 0 aliphatic rings. The maximum absolute atomic E-state index is 11.2. The maximum Gasteiger partial charge on any atom is 1.00 e. The third-order valence-corrected chi connectivity index (χ3v) is 2.10. The Morgan fingerprint density at radius 2 is 1.53 bits per heavy atom. The molecule has 0 aromatic rings. The Bertz CT molecular complexity index is 212. The molecule has 0 aliphatic heterocycles. The summed E-state index contributed by atoms with van der Waals surface area (Å²) >= 11 is 0. The number of ether oxygens (including phenoxy) is 2. The first-order chi connectivity index (χ1) is 7.70. The van der Waals surface area contributed by atoms with Gasteiger partial charge in [0.05, 0.1) is 26.1 Å². The first-order valence-electron chi connectivity index (χ1n) is 6.02. The number of hydrogen-bond acceptors (Lipinski definition) is 4. The fourth-order valence-corrected chi connectivity index (χ4v) is 1.22. The molecule has 0 unspecified atom stereocenters. The largest absolute Gasteiger partial charge is 1.00 e. The average molecular weight is 254 g/mol. The summed E-state index contributed by atoms with van der Waals surface area (Å²) in [6.07, 6.45) is 4.55. The number of rotatable bonds is 9. The van der Waals surface area contributed by atoms with Gasteiger partial charge in [0.1, 0.15) is 0 Å². The van der Waals surface area contributed by atoms with Crippen LogP contribution in [0.2, 0.25) is 0 Å². The van der Waals surface area contributed by atoms with Crippen molar-refractivity contribution in [2.24, 2.45) is 0 Å². The Hall–Kier alpha value is -0.0600. The van der Waals surface area contributed by atoms with Crippen molar-refractivity contribution in [3.05, 3.63) is 0 Å². The molecule has 0 aromatic carbocycles. The predicted molar refractivity (Wildman–Crippen MR) is 62.1 cm³/mol. The number of carbonyl (C=O) groups excluding carboxylic acids is 2. The van der Waals surface area contributed by atoms with E-state index in [1.165, 1.54) is 6.42 Å². The van der Waals surface area contributed by atoms with E-state index in [-0.39, 0.29) is 55.8 Å². The number of unbranched alkanes of at least 4 members (excludes halogenated alkanes) is 3. The van der Waals surface area contributed by atoms with Gasteiger partial charge in [-0.1, -0.05) is 26.2 Å². The van der Waals surface area contributed by atoms with Gasteiger partial charge in [0.15, 0.2) is 0 Å². The van der Waals surface area contributed by atoms with Crippen LogP contribution >= 0.6 is 0 Å². The van der Waals surface area contributed by atoms with Crippen LogP contribution in [0.15, 0.2) is 0 Å². The van der Waals surface area contributed by atoms with Gasteiger partial charge in [-0.05, 0) is 13.3 Å². The van der Waals surface area contributed by atoms with Crippen molar-refractivity contribution in [3.63, 3.8) is 0 Å². The third kappa shape index (κ3) is 13.9. The Labute approximate surface area is 127 Å². The van der Waals surface area contributed by atoms with E-state index < -0.39 is 0 Å². The summed E-state index contributed by atoms with van der Waals surface area (Å²) < 4.78 is 9.67. The van der Waals surface area contributed by atoms with Crippen LogP contribution < -0.4 is 29.6 Å². The van der Waals surface area contributed by atoms with Gasteiger partial charge in [0, 0.05) is 0 Å². The number of esters is 2. The molecule has 0 heterocycles. The van der Waals surface area contributed by atoms with E-state index in [0.717, 1.165) is 19.3 Å². The molecule has 0 fully saturated rings. The van der Waals surface area contributed by atoms with Crippen LogP contribution in [-0.2, 0) is 19.1 Å². The molecule has 0 spiro atoms. The van der Waals surface area contributed by atoms with Crippen LogP contribution in [0.4, 0.5) is 0 Å². The van der Waals surface area contributed by atoms with Crippen LogP contribution in [0, 0.1) is 0 Å². The van der Waals surface area contributed by atoms with Crippen LogP contribution in [0.1, 0.15) is 53.8 Å². The minimum absolute atomic E-state index is 0. The van der Waals surface area contributed by atoms with Gasteiger partial charge < -0.3 is 10.9 Å². The molecule has 0 saturated heterocycles. The van der Waals surface area contributed by atoms with E-state index >= 15 is 0 Å². The van der Waals surface area contributed by atoms with Gasteiger partial charge in [0.25, 0.3) is 0 Å². The van der Waals surface area contributed by atoms with Gasteiger partial charge in [-0.2, -0.15) is 0 Å². The quantitative estimate of drug-likeness (QED) is 0.318. The van der Waals surface area contributed by atoms with Crippen molar-refractivity contribution in [1.29, 1.82) is 0 Å². The summed E-state index contributed by atoms with van der Waals surface area (Å²) in [5.41, 5.74) is 0. The SMILES string of the molecule is CCCCCCOC(=O)CCC(=O)OCC.[H-].[Na+]. The predicted octanol–water partition coefficient (Wildman–Crippen LogP) is -0.430. The summed E-state index contributed by atoms with van der Waals surface area (Å²) in [7, 11) is 0. The van der Waals surface area contributed by atoms with Crippen molar-refractivity contribution < 1.29 is 50.0 Å². The molecular weight excluding hydrogens is 231 g/mol. The minimum atomic E-state index is -0.342. The Balaban J connectivity index is -0.00000112. The van der Waals surface area contributed by atoms with Gasteiger partial charge in [-0.15, -0.1) is 0 Å². The molecule has 0 aliphatic carbocycles. The van der Waals surface area contributed by atoms with E-state index in [9.17, 15) is 9.59 Å². The summed E-state index contributed by atoms with van der Waals surface area (Å²) in [6, 6.07) is 0. The third-order valence-electron chi connectivity index (χ3n) is 2.10. The van der Waals surface area contributed by atoms with Crippen molar-refractivity contribution in [3.8, 4) is 0 Å². The van der Waals surface area contributed by atoms with Crippen LogP contribution in [0.5, 0.6) is 0 Å². The molecule has 17 heavy (non-hydrogen) atoms. The Kier molecular flexibility index (Phi) is 15.9. The van der Waals surface area contributed by atoms with Crippen LogP contribution in [0.25, 0.3) is 0 Å². The minimum Gasteiger partial charge on any atom is -1.00 e. The normalized spacial score (nSPS) is 9.29. The van der Waals surface area contributed by atoms with E-state index in [2.05, 4.69) is 6.92 Å². The van der Waals surface area contributed by atoms with E-state index in [4.69, 9.17) is 9.47 Å². The first kappa shape index (κ1) is 19.3. The summed E-state index contributed by atoms with van der Waals surface area (Å²) in [5.74, 6) is -0.657. The summed E-state index contributed by atoms with van der Waals surface area (Å²) in [6.45, 7) is 4.68.